The monoisotopic (exact) mass is 308 g/mol. The highest BCUT2D eigenvalue weighted by Gasteiger charge is 2.52. The van der Waals surface area contributed by atoms with E-state index in [0.717, 1.165) is 23.2 Å². The Morgan fingerprint density at radius 2 is 2.10 bits per heavy atom. The topological polar surface area (TPSA) is 43.8 Å². The summed E-state index contributed by atoms with van der Waals surface area (Å²) >= 11 is 6.35. The third-order valence-electron chi connectivity index (χ3n) is 4.83. The molecule has 1 aromatic carbocycles. The lowest BCUT2D eigenvalue weighted by Gasteiger charge is -2.28. The van der Waals surface area contributed by atoms with Gasteiger partial charge in [-0.15, -0.1) is 0 Å². The molecule has 0 aromatic heterocycles. The fourth-order valence-electron chi connectivity index (χ4n) is 3.70. The molecular weight excluding hydrogens is 288 g/mol. The minimum absolute atomic E-state index is 0.00692. The first-order valence-corrected chi connectivity index (χ1v) is 7.88. The Balaban J connectivity index is 2.06. The van der Waals surface area contributed by atoms with Gasteiger partial charge in [0.25, 0.3) is 0 Å². The zero-order chi connectivity index (χ0) is 15.3. The lowest BCUT2D eigenvalue weighted by molar-refractivity contribution is 0.129. The van der Waals surface area contributed by atoms with Crippen molar-refractivity contribution in [3.63, 3.8) is 0 Å². The Morgan fingerprint density at radius 1 is 1.38 bits per heavy atom. The average Bonchev–Trinajstić information content (AvgIpc) is 2.97. The molecule has 3 rings (SSSR count). The largest absolute Gasteiger partial charge is 0.391 e. The molecule has 0 aliphatic carbocycles. The maximum Gasteiger partial charge on any atom is 0.325 e. The van der Waals surface area contributed by atoms with E-state index in [9.17, 15) is 9.90 Å². The molecular formula is C16H21ClN2O2. The van der Waals surface area contributed by atoms with Crippen molar-refractivity contribution in [1.29, 1.82) is 0 Å². The van der Waals surface area contributed by atoms with Gasteiger partial charge in [-0.2, -0.15) is 0 Å². The smallest absolute Gasteiger partial charge is 0.325 e. The van der Waals surface area contributed by atoms with Crippen LogP contribution in [0.2, 0.25) is 5.02 Å². The van der Waals surface area contributed by atoms with Crippen LogP contribution in [0.3, 0.4) is 0 Å². The Labute approximate surface area is 130 Å². The number of anilines is 1. The third kappa shape index (κ3) is 2.04. The molecule has 3 atom stereocenters. The summed E-state index contributed by atoms with van der Waals surface area (Å²) in [4.78, 5) is 16.4. The Bertz CT molecular complexity index is 590. The molecule has 5 heteroatoms. The first-order valence-electron chi connectivity index (χ1n) is 7.51. The van der Waals surface area contributed by atoms with Gasteiger partial charge in [-0.25, -0.2) is 4.79 Å². The second-order valence-electron chi connectivity index (χ2n) is 6.01. The van der Waals surface area contributed by atoms with Crippen molar-refractivity contribution in [2.75, 3.05) is 11.4 Å². The van der Waals surface area contributed by atoms with Crippen LogP contribution in [0.4, 0.5) is 10.5 Å². The van der Waals surface area contributed by atoms with Gasteiger partial charge in [0.1, 0.15) is 0 Å². The molecule has 2 heterocycles. The van der Waals surface area contributed by atoms with Gasteiger partial charge in [0.15, 0.2) is 0 Å². The SMILES string of the molecule is CC[C@H]1[C@@H]2[C@H](O)CCN2C(=O)N1c1ccc(C)c(Cl)c1C. The van der Waals surface area contributed by atoms with Gasteiger partial charge in [0.05, 0.1) is 23.9 Å². The number of urea groups is 1. The summed E-state index contributed by atoms with van der Waals surface area (Å²) in [5.74, 6) is 0. The number of rotatable bonds is 2. The molecule has 0 radical (unpaired) electrons. The molecule has 2 saturated heterocycles. The number of fused-ring (bicyclic) bond motifs is 1. The molecule has 2 aliphatic rings. The summed E-state index contributed by atoms with van der Waals surface area (Å²) in [7, 11) is 0. The van der Waals surface area contributed by atoms with Crippen LogP contribution in [0, 0.1) is 13.8 Å². The van der Waals surface area contributed by atoms with Gasteiger partial charge in [-0.1, -0.05) is 24.6 Å². The third-order valence-corrected chi connectivity index (χ3v) is 5.41. The van der Waals surface area contributed by atoms with E-state index in [1.807, 2.05) is 35.8 Å². The molecule has 114 valence electrons. The number of carbonyl (C=O) groups is 1. The Kier molecular flexibility index (Phi) is 3.62. The fraction of sp³-hybridized carbons (Fsp3) is 0.562. The number of carbonyl (C=O) groups excluding carboxylic acids is 1. The second-order valence-corrected chi connectivity index (χ2v) is 6.39. The number of hydrogen-bond donors (Lipinski definition) is 1. The Hall–Kier alpha value is -1.26. The lowest BCUT2D eigenvalue weighted by Crippen LogP contribution is -2.41. The van der Waals surface area contributed by atoms with E-state index in [0.29, 0.717) is 18.0 Å². The van der Waals surface area contributed by atoms with Crippen LogP contribution in [-0.2, 0) is 0 Å². The first-order chi connectivity index (χ1) is 9.97. The van der Waals surface area contributed by atoms with Crippen molar-refractivity contribution >= 4 is 23.3 Å². The number of halogens is 1. The van der Waals surface area contributed by atoms with Crippen molar-refractivity contribution in [3.8, 4) is 0 Å². The van der Waals surface area contributed by atoms with Gasteiger partial charge < -0.3 is 10.0 Å². The van der Waals surface area contributed by atoms with E-state index < -0.39 is 6.10 Å². The number of benzene rings is 1. The summed E-state index contributed by atoms with van der Waals surface area (Å²) in [6, 6.07) is 3.82. The van der Waals surface area contributed by atoms with Crippen LogP contribution < -0.4 is 4.90 Å². The second kappa shape index (κ2) is 5.18. The Morgan fingerprint density at radius 3 is 2.76 bits per heavy atom. The predicted octanol–water partition coefficient (Wildman–Crippen LogP) is 3.11. The minimum Gasteiger partial charge on any atom is -0.391 e. The number of aliphatic hydroxyl groups excluding tert-OH is 1. The molecule has 0 saturated carbocycles. The van der Waals surface area contributed by atoms with Crippen LogP contribution >= 0.6 is 11.6 Å². The summed E-state index contributed by atoms with van der Waals surface area (Å²) in [6.07, 6.45) is 1.06. The standard InChI is InChI=1S/C16H21ClN2O2/c1-4-11-15-13(20)7-8-18(15)16(21)19(11)12-6-5-9(2)14(17)10(12)3/h5-6,11,13,15,20H,4,7-8H2,1-3H3/t11-,13+,15+/m0/s1. The van der Waals surface area contributed by atoms with Gasteiger partial charge in [0, 0.05) is 11.6 Å². The van der Waals surface area contributed by atoms with Crippen LogP contribution in [-0.4, -0.2) is 40.8 Å². The van der Waals surface area contributed by atoms with Crippen molar-refractivity contribution < 1.29 is 9.90 Å². The van der Waals surface area contributed by atoms with E-state index in [1.165, 1.54) is 0 Å². The number of aliphatic hydroxyl groups is 1. The summed E-state index contributed by atoms with van der Waals surface area (Å²) in [5, 5.41) is 10.9. The number of nitrogens with zero attached hydrogens (tertiary/aromatic N) is 2. The van der Waals surface area contributed by atoms with Gasteiger partial charge in [0.2, 0.25) is 0 Å². The van der Waals surface area contributed by atoms with Crippen molar-refractivity contribution in [1.82, 2.24) is 4.90 Å². The number of hydrogen-bond acceptors (Lipinski definition) is 2. The number of aryl methyl sites for hydroxylation is 1. The fourth-order valence-corrected chi connectivity index (χ4v) is 3.86. The molecule has 4 nitrogen and oxygen atoms in total. The van der Waals surface area contributed by atoms with Crippen molar-refractivity contribution in [3.05, 3.63) is 28.3 Å². The molecule has 0 spiro atoms. The van der Waals surface area contributed by atoms with Crippen molar-refractivity contribution in [2.24, 2.45) is 0 Å². The zero-order valence-electron chi connectivity index (χ0n) is 12.6. The summed E-state index contributed by atoms with van der Waals surface area (Å²) < 4.78 is 0. The molecule has 0 unspecified atom stereocenters. The molecule has 21 heavy (non-hydrogen) atoms. The molecule has 2 amide bonds. The van der Waals surface area contributed by atoms with Gasteiger partial charge in [-0.3, -0.25) is 4.90 Å². The first kappa shape index (κ1) is 14.7. The predicted molar refractivity (Wildman–Crippen MR) is 84.0 cm³/mol. The molecule has 1 N–H and O–H groups in total. The lowest BCUT2D eigenvalue weighted by atomic mass is 10.00. The minimum atomic E-state index is -0.426. The van der Waals surface area contributed by atoms with E-state index in [2.05, 4.69) is 6.92 Å². The highest BCUT2D eigenvalue weighted by Crippen LogP contribution is 2.39. The van der Waals surface area contributed by atoms with Gasteiger partial charge >= 0.3 is 6.03 Å². The molecule has 1 aromatic rings. The van der Waals surface area contributed by atoms with E-state index in [1.54, 1.807) is 0 Å². The maximum atomic E-state index is 12.7. The molecule has 0 bridgehead atoms. The molecule has 2 fully saturated rings. The van der Waals surface area contributed by atoms with Crippen molar-refractivity contribution in [2.45, 2.75) is 51.8 Å². The van der Waals surface area contributed by atoms with Crippen LogP contribution in [0.1, 0.15) is 30.9 Å². The quantitative estimate of drug-likeness (QED) is 0.912. The van der Waals surface area contributed by atoms with Crippen LogP contribution in [0.15, 0.2) is 12.1 Å². The van der Waals surface area contributed by atoms with E-state index in [-0.39, 0.29) is 18.1 Å². The van der Waals surface area contributed by atoms with Gasteiger partial charge in [-0.05, 0) is 43.9 Å². The normalized spacial score (nSPS) is 28.4. The number of amides is 2. The zero-order valence-corrected chi connectivity index (χ0v) is 13.4. The summed E-state index contributed by atoms with van der Waals surface area (Å²) in [6.45, 7) is 6.61. The van der Waals surface area contributed by atoms with E-state index in [4.69, 9.17) is 11.6 Å². The average molecular weight is 309 g/mol. The highest BCUT2D eigenvalue weighted by molar-refractivity contribution is 6.32. The summed E-state index contributed by atoms with van der Waals surface area (Å²) in [5.41, 5.74) is 2.81. The van der Waals surface area contributed by atoms with E-state index >= 15 is 0 Å². The van der Waals surface area contributed by atoms with Crippen LogP contribution in [0.25, 0.3) is 0 Å². The van der Waals surface area contributed by atoms with Crippen LogP contribution in [0.5, 0.6) is 0 Å². The molecule has 2 aliphatic heterocycles. The highest BCUT2D eigenvalue weighted by atomic mass is 35.5. The maximum absolute atomic E-state index is 12.7.